The van der Waals surface area contributed by atoms with Crippen molar-refractivity contribution in [1.82, 2.24) is 0 Å². The molecule has 0 heterocycles. The number of hydrogen-bond donors (Lipinski definition) is 1. The standard InChI is InChI=1S/C11H15ClO2/c1-7-4-8(2)11(14-3)9(5-7)10(13)6-12/h4-5,10,13H,6H2,1-3H3. The normalized spacial score (nSPS) is 12.6. The minimum absolute atomic E-state index is 0.180. The van der Waals surface area contributed by atoms with Crippen LogP contribution in [0.4, 0.5) is 0 Å². The molecule has 1 rings (SSSR count). The van der Waals surface area contributed by atoms with E-state index in [0.717, 1.165) is 22.4 Å². The van der Waals surface area contributed by atoms with E-state index in [9.17, 15) is 5.11 Å². The van der Waals surface area contributed by atoms with Gasteiger partial charge in [-0.25, -0.2) is 0 Å². The lowest BCUT2D eigenvalue weighted by molar-refractivity contribution is 0.197. The highest BCUT2D eigenvalue weighted by Crippen LogP contribution is 2.30. The molecule has 0 aliphatic carbocycles. The number of ether oxygens (including phenoxy) is 1. The van der Waals surface area contributed by atoms with Gasteiger partial charge in [-0.05, 0) is 25.5 Å². The third kappa shape index (κ3) is 2.20. The highest BCUT2D eigenvalue weighted by atomic mass is 35.5. The van der Waals surface area contributed by atoms with Crippen LogP contribution in [-0.2, 0) is 0 Å². The maximum Gasteiger partial charge on any atom is 0.127 e. The van der Waals surface area contributed by atoms with Gasteiger partial charge in [0, 0.05) is 5.56 Å². The monoisotopic (exact) mass is 214 g/mol. The van der Waals surface area contributed by atoms with Gasteiger partial charge >= 0.3 is 0 Å². The number of benzene rings is 1. The maximum atomic E-state index is 9.68. The van der Waals surface area contributed by atoms with Gasteiger partial charge in [-0.15, -0.1) is 11.6 Å². The Balaban J connectivity index is 3.24. The summed E-state index contributed by atoms with van der Waals surface area (Å²) < 4.78 is 5.24. The summed E-state index contributed by atoms with van der Waals surface area (Å²) in [6.45, 7) is 3.94. The number of aliphatic hydroxyl groups excluding tert-OH is 1. The number of aliphatic hydroxyl groups is 1. The SMILES string of the molecule is COc1c(C)cc(C)cc1C(O)CCl. The Morgan fingerprint density at radius 1 is 1.43 bits per heavy atom. The van der Waals surface area contributed by atoms with Crippen LogP contribution in [0, 0.1) is 13.8 Å². The lowest BCUT2D eigenvalue weighted by Gasteiger charge is -2.15. The molecule has 1 unspecified atom stereocenters. The van der Waals surface area contributed by atoms with Crippen molar-refractivity contribution in [3.8, 4) is 5.75 Å². The molecule has 0 aliphatic heterocycles. The van der Waals surface area contributed by atoms with Gasteiger partial charge in [0.2, 0.25) is 0 Å². The molecule has 2 nitrogen and oxygen atoms in total. The van der Waals surface area contributed by atoms with Crippen LogP contribution in [0.1, 0.15) is 22.8 Å². The molecule has 0 bridgehead atoms. The van der Waals surface area contributed by atoms with E-state index in [4.69, 9.17) is 16.3 Å². The Kier molecular flexibility index (Phi) is 3.78. The first-order valence-electron chi connectivity index (χ1n) is 4.49. The van der Waals surface area contributed by atoms with E-state index in [1.165, 1.54) is 0 Å². The number of alkyl halides is 1. The summed E-state index contributed by atoms with van der Waals surface area (Å²) in [5.74, 6) is 0.906. The van der Waals surface area contributed by atoms with Crippen molar-refractivity contribution in [2.45, 2.75) is 20.0 Å². The van der Waals surface area contributed by atoms with Crippen LogP contribution in [0.15, 0.2) is 12.1 Å². The molecule has 78 valence electrons. The molecular formula is C11H15ClO2. The molecule has 0 radical (unpaired) electrons. The first-order chi connectivity index (χ1) is 6.60. The smallest absolute Gasteiger partial charge is 0.127 e. The van der Waals surface area contributed by atoms with Crippen LogP contribution in [0.2, 0.25) is 0 Å². The van der Waals surface area contributed by atoms with Crippen molar-refractivity contribution in [3.05, 3.63) is 28.8 Å². The van der Waals surface area contributed by atoms with Crippen molar-refractivity contribution in [1.29, 1.82) is 0 Å². The lowest BCUT2D eigenvalue weighted by Crippen LogP contribution is -2.03. The zero-order valence-electron chi connectivity index (χ0n) is 8.67. The van der Waals surface area contributed by atoms with Crippen LogP contribution in [0.25, 0.3) is 0 Å². The van der Waals surface area contributed by atoms with Crippen LogP contribution in [0.5, 0.6) is 5.75 Å². The van der Waals surface area contributed by atoms with Crippen molar-refractivity contribution in [2.24, 2.45) is 0 Å². The lowest BCUT2D eigenvalue weighted by atomic mass is 10.0. The number of rotatable bonds is 3. The largest absolute Gasteiger partial charge is 0.496 e. The Morgan fingerprint density at radius 2 is 2.07 bits per heavy atom. The second-order valence-corrected chi connectivity index (χ2v) is 3.68. The van der Waals surface area contributed by atoms with E-state index in [2.05, 4.69) is 0 Å². The average molecular weight is 215 g/mol. The van der Waals surface area contributed by atoms with Crippen molar-refractivity contribution in [3.63, 3.8) is 0 Å². The summed E-state index contributed by atoms with van der Waals surface area (Å²) >= 11 is 5.61. The van der Waals surface area contributed by atoms with E-state index >= 15 is 0 Å². The van der Waals surface area contributed by atoms with E-state index in [1.807, 2.05) is 26.0 Å². The second-order valence-electron chi connectivity index (χ2n) is 3.37. The minimum atomic E-state index is -0.662. The van der Waals surface area contributed by atoms with E-state index < -0.39 is 6.10 Å². The first kappa shape index (κ1) is 11.3. The summed E-state index contributed by atoms with van der Waals surface area (Å²) in [6.07, 6.45) is -0.662. The van der Waals surface area contributed by atoms with Gasteiger partial charge in [-0.2, -0.15) is 0 Å². The quantitative estimate of drug-likeness (QED) is 0.784. The summed E-state index contributed by atoms with van der Waals surface area (Å²) in [7, 11) is 1.60. The average Bonchev–Trinajstić information content (AvgIpc) is 2.15. The van der Waals surface area contributed by atoms with Crippen LogP contribution < -0.4 is 4.74 Å². The summed E-state index contributed by atoms with van der Waals surface area (Å²) in [5, 5.41) is 9.68. The fraction of sp³-hybridized carbons (Fsp3) is 0.455. The molecule has 0 saturated carbocycles. The van der Waals surface area contributed by atoms with Gasteiger partial charge in [-0.1, -0.05) is 11.6 Å². The molecule has 1 atom stereocenters. The predicted octanol–water partition coefficient (Wildman–Crippen LogP) is 2.58. The van der Waals surface area contributed by atoms with Gasteiger partial charge in [0.15, 0.2) is 0 Å². The fourth-order valence-electron chi connectivity index (χ4n) is 1.60. The zero-order chi connectivity index (χ0) is 10.7. The molecule has 1 aromatic rings. The third-order valence-corrected chi connectivity index (χ3v) is 2.45. The Bertz CT molecular complexity index is 323. The number of aryl methyl sites for hydroxylation is 2. The molecule has 1 aromatic carbocycles. The molecule has 0 spiro atoms. The second kappa shape index (κ2) is 4.67. The third-order valence-electron chi connectivity index (χ3n) is 2.16. The topological polar surface area (TPSA) is 29.5 Å². The highest BCUT2D eigenvalue weighted by Gasteiger charge is 2.14. The number of methoxy groups -OCH3 is 1. The Hall–Kier alpha value is -0.730. The van der Waals surface area contributed by atoms with Crippen molar-refractivity contribution in [2.75, 3.05) is 13.0 Å². The van der Waals surface area contributed by atoms with Gasteiger partial charge in [0.1, 0.15) is 5.75 Å². The maximum absolute atomic E-state index is 9.68. The zero-order valence-corrected chi connectivity index (χ0v) is 9.43. The van der Waals surface area contributed by atoms with E-state index in [1.54, 1.807) is 7.11 Å². The fourth-order valence-corrected chi connectivity index (χ4v) is 1.76. The molecular weight excluding hydrogens is 200 g/mol. The molecule has 0 saturated heterocycles. The minimum Gasteiger partial charge on any atom is -0.496 e. The van der Waals surface area contributed by atoms with Crippen molar-refractivity contribution < 1.29 is 9.84 Å². The first-order valence-corrected chi connectivity index (χ1v) is 5.02. The number of hydrogen-bond acceptors (Lipinski definition) is 2. The van der Waals surface area contributed by atoms with E-state index in [0.29, 0.717) is 0 Å². The van der Waals surface area contributed by atoms with Crippen molar-refractivity contribution >= 4 is 11.6 Å². The highest BCUT2D eigenvalue weighted by molar-refractivity contribution is 6.18. The molecule has 0 fully saturated rings. The van der Waals surface area contributed by atoms with Gasteiger partial charge in [0.05, 0.1) is 19.1 Å². The molecule has 0 aromatic heterocycles. The van der Waals surface area contributed by atoms with Gasteiger partial charge in [0.25, 0.3) is 0 Å². The van der Waals surface area contributed by atoms with Crippen LogP contribution >= 0.6 is 11.6 Å². The predicted molar refractivity (Wildman–Crippen MR) is 58.1 cm³/mol. The van der Waals surface area contributed by atoms with Gasteiger partial charge in [-0.3, -0.25) is 0 Å². The Morgan fingerprint density at radius 3 is 2.57 bits per heavy atom. The molecule has 14 heavy (non-hydrogen) atoms. The molecule has 1 N–H and O–H groups in total. The molecule has 0 amide bonds. The van der Waals surface area contributed by atoms with Crippen LogP contribution in [-0.4, -0.2) is 18.1 Å². The molecule has 0 aliphatic rings. The Labute approximate surface area is 89.5 Å². The summed E-state index contributed by atoms with van der Waals surface area (Å²) in [6, 6.07) is 3.92. The summed E-state index contributed by atoms with van der Waals surface area (Å²) in [5.41, 5.74) is 2.88. The number of halogens is 1. The van der Waals surface area contributed by atoms with Gasteiger partial charge < -0.3 is 9.84 Å². The molecule has 3 heteroatoms. The summed E-state index contributed by atoms with van der Waals surface area (Å²) in [4.78, 5) is 0. The van der Waals surface area contributed by atoms with E-state index in [-0.39, 0.29) is 5.88 Å². The van der Waals surface area contributed by atoms with Crippen LogP contribution in [0.3, 0.4) is 0 Å².